The average molecular weight is 346 g/mol. The van der Waals surface area contributed by atoms with E-state index in [1.54, 1.807) is 0 Å². The second-order valence-electron chi connectivity index (χ2n) is 6.83. The SMILES string of the molecule is CCc1c(C(=O)NCC(C)C)c(C2CC2)nn1-c1cccc(Cl)c1. The highest BCUT2D eigenvalue weighted by Crippen LogP contribution is 2.42. The molecule has 3 rings (SSSR count). The Bertz CT molecular complexity index is 747. The summed E-state index contributed by atoms with van der Waals surface area (Å²) in [5.74, 6) is 0.831. The summed E-state index contributed by atoms with van der Waals surface area (Å²) in [6.45, 7) is 6.93. The molecule has 1 saturated carbocycles. The van der Waals surface area contributed by atoms with Crippen LogP contribution < -0.4 is 5.32 Å². The van der Waals surface area contributed by atoms with Crippen molar-refractivity contribution in [2.45, 2.75) is 46.0 Å². The predicted octanol–water partition coefficient (Wildman–Crippen LogP) is 4.35. The van der Waals surface area contributed by atoms with Gasteiger partial charge in [-0.3, -0.25) is 4.79 Å². The van der Waals surface area contributed by atoms with E-state index in [1.165, 1.54) is 0 Å². The van der Waals surface area contributed by atoms with Gasteiger partial charge in [0.15, 0.2) is 0 Å². The topological polar surface area (TPSA) is 46.9 Å². The Hall–Kier alpha value is -1.81. The van der Waals surface area contributed by atoms with Crippen LogP contribution in [0, 0.1) is 5.92 Å². The van der Waals surface area contributed by atoms with Crippen molar-refractivity contribution in [2.24, 2.45) is 5.92 Å². The van der Waals surface area contributed by atoms with Crippen LogP contribution in [0.15, 0.2) is 24.3 Å². The van der Waals surface area contributed by atoms with Crippen LogP contribution in [-0.4, -0.2) is 22.2 Å². The summed E-state index contributed by atoms with van der Waals surface area (Å²) in [6, 6.07) is 7.62. The number of carbonyl (C=O) groups excluding carboxylic acids is 1. The number of benzene rings is 1. The quantitative estimate of drug-likeness (QED) is 0.846. The Morgan fingerprint density at radius 3 is 2.75 bits per heavy atom. The molecule has 24 heavy (non-hydrogen) atoms. The minimum absolute atomic E-state index is 0.00396. The number of hydrogen-bond acceptors (Lipinski definition) is 2. The standard InChI is InChI=1S/C19H24ClN3O/c1-4-16-17(19(24)21-11-12(2)3)18(13-8-9-13)22-23(16)15-7-5-6-14(20)10-15/h5-7,10,12-13H,4,8-9,11H2,1-3H3,(H,21,24). The van der Waals surface area contributed by atoms with Gasteiger partial charge in [0.1, 0.15) is 0 Å². The fraction of sp³-hybridized carbons (Fsp3) is 0.474. The monoisotopic (exact) mass is 345 g/mol. The van der Waals surface area contributed by atoms with E-state index in [0.29, 0.717) is 23.4 Å². The molecule has 4 nitrogen and oxygen atoms in total. The number of hydrogen-bond donors (Lipinski definition) is 1. The summed E-state index contributed by atoms with van der Waals surface area (Å²) >= 11 is 6.14. The van der Waals surface area contributed by atoms with E-state index in [4.69, 9.17) is 16.7 Å². The zero-order chi connectivity index (χ0) is 17.3. The number of nitrogens with zero attached hydrogens (tertiary/aromatic N) is 2. The molecule has 1 heterocycles. The van der Waals surface area contributed by atoms with Gasteiger partial charge in [-0.1, -0.05) is 38.4 Å². The van der Waals surface area contributed by atoms with Gasteiger partial charge in [-0.05, 0) is 43.4 Å². The average Bonchev–Trinajstić information content (AvgIpc) is 3.32. The molecule has 0 aliphatic heterocycles. The predicted molar refractivity (Wildman–Crippen MR) is 97.1 cm³/mol. The normalized spacial score (nSPS) is 14.2. The van der Waals surface area contributed by atoms with Crippen LogP contribution in [0.4, 0.5) is 0 Å². The minimum atomic E-state index is -0.00396. The first-order valence-electron chi connectivity index (χ1n) is 8.67. The van der Waals surface area contributed by atoms with Crippen LogP contribution in [0.3, 0.4) is 0 Å². The molecule has 128 valence electrons. The molecule has 0 unspecified atom stereocenters. The van der Waals surface area contributed by atoms with Gasteiger partial charge in [-0.15, -0.1) is 0 Å². The third kappa shape index (κ3) is 3.48. The lowest BCUT2D eigenvalue weighted by Gasteiger charge is -2.10. The van der Waals surface area contributed by atoms with Crippen molar-refractivity contribution in [2.75, 3.05) is 6.54 Å². The molecule has 1 N–H and O–H groups in total. The maximum atomic E-state index is 12.8. The molecule has 0 radical (unpaired) electrons. The van der Waals surface area contributed by atoms with Gasteiger partial charge in [-0.25, -0.2) is 4.68 Å². The summed E-state index contributed by atoms with van der Waals surface area (Å²) < 4.78 is 1.89. The van der Waals surface area contributed by atoms with Crippen molar-refractivity contribution in [3.8, 4) is 5.69 Å². The third-order valence-corrected chi connectivity index (χ3v) is 4.49. The summed E-state index contributed by atoms with van der Waals surface area (Å²) in [6.07, 6.45) is 2.97. The Kier molecular flexibility index (Phi) is 4.95. The molecule has 1 aliphatic carbocycles. The van der Waals surface area contributed by atoms with Crippen LogP contribution in [0.2, 0.25) is 5.02 Å². The highest BCUT2D eigenvalue weighted by atomic mass is 35.5. The van der Waals surface area contributed by atoms with Gasteiger partial charge in [-0.2, -0.15) is 5.10 Å². The second-order valence-corrected chi connectivity index (χ2v) is 7.27. The molecule has 1 aromatic heterocycles. The highest BCUT2D eigenvalue weighted by Gasteiger charge is 2.34. The molecule has 1 aromatic carbocycles. The number of aromatic nitrogens is 2. The van der Waals surface area contributed by atoms with Crippen molar-refractivity contribution >= 4 is 17.5 Å². The largest absolute Gasteiger partial charge is 0.352 e. The maximum Gasteiger partial charge on any atom is 0.255 e. The molecule has 0 saturated heterocycles. The van der Waals surface area contributed by atoms with E-state index in [-0.39, 0.29) is 5.91 Å². The molecule has 0 atom stereocenters. The summed E-state index contributed by atoms with van der Waals surface area (Å²) in [7, 11) is 0. The van der Waals surface area contributed by atoms with E-state index in [2.05, 4.69) is 26.1 Å². The van der Waals surface area contributed by atoms with Gasteiger partial charge in [0.05, 0.1) is 22.6 Å². The number of rotatable bonds is 6. The van der Waals surface area contributed by atoms with Crippen molar-refractivity contribution in [3.05, 3.63) is 46.2 Å². The lowest BCUT2D eigenvalue weighted by Crippen LogP contribution is -2.28. The Morgan fingerprint density at radius 2 is 2.17 bits per heavy atom. The fourth-order valence-electron chi connectivity index (χ4n) is 2.89. The van der Waals surface area contributed by atoms with Crippen LogP contribution >= 0.6 is 11.6 Å². The van der Waals surface area contributed by atoms with Gasteiger partial charge < -0.3 is 5.32 Å². The maximum absolute atomic E-state index is 12.8. The second kappa shape index (κ2) is 6.98. The van der Waals surface area contributed by atoms with E-state index < -0.39 is 0 Å². The van der Waals surface area contributed by atoms with Crippen molar-refractivity contribution in [1.29, 1.82) is 0 Å². The molecular weight excluding hydrogens is 322 g/mol. The first kappa shape index (κ1) is 17.0. The molecule has 1 aliphatic rings. The number of carbonyl (C=O) groups is 1. The third-order valence-electron chi connectivity index (χ3n) is 4.26. The van der Waals surface area contributed by atoms with Gasteiger partial charge in [0.2, 0.25) is 0 Å². The van der Waals surface area contributed by atoms with Gasteiger partial charge >= 0.3 is 0 Å². The van der Waals surface area contributed by atoms with Crippen LogP contribution in [0.5, 0.6) is 0 Å². The molecule has 5 heteroatoms. The van der Waals surface area contributed by atoms with E-state index in [0.717, 1.165) is 41.9 Å². The number of amides is 1. The molecule has 1 amide bonds. The van der Waals surface area contributed by atoms with E-state index in [9.17, 15) is 4.79 Å². The minimum Gasteiger partial charge on any atom is -0.352 e. The first-order valence-corrected chi connectivity index (χ1v) is 9.05. The van der Waals surface area contributed by atoms with Crippen molar-refractivity contribution in [3.63, 3.8) is 0 Å². The number of nitrogens with one attached hydrogen (secondary N) is 1. The van der Waals surface area contributed by atoms with Crippen molar-refractivity contribution < 1.29 is 4.79 Å². The van der Waals surface area contributed by atoms with Crippen LogP contribution in [-0.2, 0) is 6.42 Å². The summed E-state index contributed by atoms with van der Waals surface area (Å²) in [5.41, 5.74) is 3.57. The molecular formula is C19H24ClN3O. The van der Waals surface area contributed by atoms with Gasteiger partial charge in [0.25, 0.3) is 5.91 Å². The first-order chi connectivity index (χ1) is 11.5. The zero-order valence-electron chi connectivity index (χ0n) is 14.5. The zero-order valence-corrected chi connectivity index (χ0v) is 15.2. The lowest BCUT2D eigenvalue weighted by atomic mass is 10.1. The Labute approximate surface area is 148 Å². The molecule has 2 aromatic rings. The van der Waals surface area contributed by atoms with E-state index in [1.807, 2.05) is 28.9 Å². The lowest BCUT2D eigenvalue weighted by molar-refractivity contribution is 0.0947. The highest BCUT2D eigenvalue weighted by molar-refractivity contribution is 6.30. The van der Waals surface area contributed by atoms with E-state index >= 15 is 0 Å². The smallest absolute Gasteiger partial charge is 0.255 e. The Balaban J connectivity index is 2.05. The molecule has 0 spiro atoms. The summed E-state index contributed by atoms with van der Waals surface area (Å²) in [5, 5.41) is 8.52. The molecule has 1 fully saturated rings. The Morgan fingerprint density at radius 1 is 1.42 bits per heavy atom. The number of halogens is 1. The summed E-state index contributed by atoms with van der Waals surface area (Å²) in [4.78, 5) is 12.8. The van der Waals surface area contributed by atoms with Crippen LogP contribution in [0.25, 0.3) is 5.69 Å². The molecule has 0 bridgehead atoms. The fourth-order valence-corrected chi connectivity index (χ4v) is 3.08. The van der Waals surface area contributed by atoms with Crippen molar-refractivity contribution in [1.82, 2.24) is 15.1 Å². The van der Waals surface area contributed by atoms with Gasteiger partial charge in [0, 0.05) is 17.5 Å². The van der Waals surface area contributed by atoms with Crippen LogP contribution in [0.1, 0.15) is 61.3 Å².